The third kappa shape index (κ3) is 2.31. The highest BCUT2D eigenvalue weighted by atomic mass is 32.2. The van der Waals surface area contributed by atoms with Crippen molar-refractivity contribution in [2.24, 2.45) is 5.73 Å². The van der Waals surface area contributed by atoms with E-state index in [0.717, 1.165) is 12.3 Å². The maximum atomic E-state index is 6.02. The topological polar surface area (TPSA) is 35.2 Å². The summed E-state index contributed by atoms with van der Waals surface area (Å²) in [5, 5.41) is 0. The van der Waals surface area contributed by atoms with E-state index < -0.39 is 0 Å². The standard InChI is InChI=1S/C14H21NOS/c1-16-12-6-5-11(9-13(12)17-2)14(10-15)7-3-4-8-14/h5-6,9H,3-4,7-8,10,15H2,1-2H3. The van der Waals surface area contributed by atoms with Crippen LogP contribution in [0.4, 0.5) is 0 Å². The lowest BCUT2D eigenvalue weighted by Crippen LogP contribution is -2.31. The average molecular weight is 251 g/mol. The third-order valence-electron chi connectivity index (χ3n) is 3.95. The summed E-state index contributed by atoms with van der Waals surface area (Å²) in [7, 11) is 1.73. The molecule has 0 amide bonds. The summed E-state index contributed by atoms with van der Waals surface area (Å²) >= 11 is 1.74. The number of rotatable bonds is 4. The van der Waals surface area contributed by atoms with Gasteiger partial charge in [0.1, 0.15) is 5.75 Å². The van der Waals surface area contributed by atoms with Crippen LogP contribution in [-0.2, 0) is 5.41 Å². The molecule has 94 valence electrons. The summed E-state index contributed by atoms with van der Waals surface area (Å²) in [6.07, 6.45) is 7.15. The summed E-state index contributed by atoms with van der Waals surface area (Å²) in [5.74, 6) is 0.964. The van der Waals surface area contributed by atoms with Crippen molar-refractivity contribution in [2.75, 3.05) is 19.9 Å². The first-order valence-corrected chi connectivity index (χ1v) is 7.41. The number of hydrogen-bond donors (Lipinski definition) is 1. The van der Waals surface area contributed by atoms with Crippen LogP contribution in [0, 0.1) is 0 Å². The van der Waals surface area contributed by atoms with Crippen molar-refractivity contribution in [3.05, 3.63) is 23.8 Å². The van der Waals surface area contributed by atoms with Crippen LogP contribution in [0.25, 0.3) is 0 Å². The molecule has 2 N–H and O–H groups in total. The molecule has 0 aliphatic heterocycles. The van der Waals surface area contributed by atoms with Crippen LogP contribution >= 0.6 is 11.8 Å². The minimum atomic E-state index is 0.219. The quantitative estimate of drug-likeness (QED) is 0.835. The molecule has 0 spiro atoms. The molecule has 1 aliphatic rings. The van der Waals surface area contributed by atoms with Gasteiger partial charge < -0.3 is 10.5 Å². The van der Waals surface area contributed by atoms with Crippen LogP contribution in [0.1, 0.15) is 31.2 Å². The molecule has 1 saturated carbocycles. The first kappa shape index (κ1) is 12.8. The van der Waals surface area contributed by atoms with E-state index in [-0.39, 0.29) is 5.41 Å². The number of benzene rings is 1. The van der Waals surface area contributed by atoms with Crippen LogP contribution in [0.3, 0.4) is 0 Å². The maximum Gasteiger partial charge on any atom is 0.132 e. The summed E-state index contributed by atoms with van der Waals surface area (Å²) in [5.41, 5.74) is 7.64. The Hall–Kier alpha value is -0.670. The van der Waals surface area contributed by atoms with Crippen molar-refractivity contribution in [3.8, 4) is 5.75 Å². The zero-order valence-electron chi connectivity index (χ0n) is 10.7. The van der Waals surface area contributed by atoms with E-state index in [9.17, 15) is 0 Å². The lowest BCUT2D eigenvalue weighted by molar-refractivity contribution is 0.402. The van der Waals surface area contributed by atoms with Crippen LogP contribution in [0.15, 0.2) is 23.1 Å². The van der Waals surface area contributed by atoms with Crippen molar-refractivity contribution >= 4 is 11.8 Å². The van der Waals surface area contributed by atoms with Crippen LogP contribution in [-0.4, -0.2) is 19.9 Å². The molecule has 3 heteroatoms. The smallest absolute Gasteiger partial charge is 0.132 e. The summed E-state index contributed by atoms with van der Waals surface area (Å²) < 4.78 is 5.37. The van der Waals surface area contributed by atoms with Crippen molar-refractivity contribution in [1.29, 1.82) is 0 Å². The molecule has 1 aromatic carbocycles. The lowest BCUT2D eigenvalue weighted by atomic mass is 9.79. The zero-order chi connectivity index (χ0) is 12.3. The third-order valence-corrected chi connectivity index (χ3v) is 4.71. The highest BCUT2D eigenvalue weighted by Gasteiger charge is 2.34. The monoisotopic (exact) mass is 251 g/mol. The number of methoxy groups -OCH3 is 1. The van der Waals surface area contributed by atoms with Crippen molar-refractivity contribution in [3.63, 3.8) is 0 Å². The molecule has 17 heavy (non-hydrogen) atoms. The Morgan fingerprint density at radius 3 is 2.59 bits per heavy atom. The molecule has 0 unspecified atom stereocenters. The van der Waals surface area contributed by atoms with Gasteiger partial charge in [-0.1, -0.05) is 18.9 Å². The fourth-order valence-corrected chi connectivity index (χ4v) is 3.43. The second-order valence-electron chi connectivity index (χ2n) is 4.76. The second-order valence-corrected chi connectivity index (χ2v) is 5.61. The molecule has 1 fully saturated rings. The lowest BCUT2D eigenvalue weighted by Gasteiger charge is -2.28. The van der Waals surface area contributed by atoms with E-state index in [0.29, 0.717) is 0 Å². The Balaban J connectivity index is 2.38. The van der Waals surface area contributed by atoms with E-state index in [1.54, 1.807) is 18.9 Å². The molecule has 0 radical (unpaired) electrons. The average Bonchev–Trinajstić information content (AvgIpc) is 2.88. The van der Waals surface area contributed by atoms with E-state index in [2.05, 4.69) is 24.5 Å². The summed E-state index contributed by atoms with van der Waals surface area (Å²) in [4.78, 5) is 1.21. The molecule has 0 bridgehead atoms. The minimum absolute atomic E-state index is 0.219. The summed E-state index contributed by atoms with van der Waals surface area (Å²) in [6.45, 7) is 0.757. The van der Waals surface area contributed by atoms with E-state index in [1.807, 2.05) is 0 Å². The van der Waals surface area contributed by atoms with Crippen molar-refractivity contribution < 1.29 is 4.74 Å². The molecule has 1 aromatic rings. The highest BCUT2D eigenvalue weighted by Crippen LogP contribution is 2.42. The number of thioether (sulfide) groups is 1. The van der Waals surface area contributed by atoms with Crippen molar-refractivity contribution in [2.45, 2.75) is 36.0 Å². The van der Waals surface area contributed by atoms with Gasteiger partial charge in [-0.05, 0) is 36.8 Å². The van der Waals surface area contributed by atoms with E-state index in [1.165, 1.54) is 36.1 Å². The molecule has 2 rings (SSSR count). The summed E-state index contributed by atoms with van der Waals surface area (Å²) in [6, 6.07) is 6.54. The number of hydrogen-bond acceptors (Lipinski definition) is 3. The van der Waals surface area contributed by atoms with Crippen LogP contribution < -0.4 is 10.5 Å². The van der Waals surface area contributed by atoms with E-state index in [4.69, 9.17) is 10.5 Å². The highest BCUT2D eigenvalue weighted by molar-refractivity contribution is 7.98. The first-order chi connectivity index (χ1) is 8.25. The predicted molar refractivity (Wildman–Crippen MR) is 74.0 cm³/mol. The molecule has 0 saturated heterocycles. The van der Waals surface area contributed by atoms with Gasteiger partial charge in [0, 0.05) is 16.9 Å². The van der Waals surface area contributed by atoms with Gasteiger partial charge in [-0.25, -0.2) is 0 Å². The SMILES string of the molecule is COc1ccc(C2(CN)CCCC2)cc1SC. The Morgan fingerprint density at radius 1 is 1.35 bits per heavy atom. The van der Waals surface area contributed by atoms with Crippen molar-refractivity contribution in [1.82, 2.24) is 0 Å². The van der Waals surface area contributed by atoms with Gasteiger partial charge in [0.2, 0.25) is 0 Å². The van der Waals surface area contributed by atoms with Gasteiger partial charge in [-0.2, -0.15) is 0 Å². The fraction of sp³-hybridized carbons (Fsp3) is 0.571. The number of ether oxygens (including phenoxy) is 1. The minimum Gasteiger partial charge on any atom is -0.496 e. The molecule has 0 atom stereocenters. The van der Waals surface area contributed by atoms with Gasteiger partial charge in [0.15, 0.2) is 0 Å². The molecule has 1 aliphatic carbocycles. The van der Waals surface area contributed by atoms with Crippen LogP contribution in [0.2, 0.25) is 0 Å². The van der Waals surface area contributed by atoms with Gasteiger partial charge in [-0.3, -0.25) is 0 Å². The van der Waals surface area contributed by atoms with Gasteiger partial charge >= 0.3 is 0 Å². The first-order valence-electron chi connectivity index (χ1n) is 6.18. The molecule has 0 heterocycles. The zero-order valence-corrected chi connectivity index (χ0v) is 11.5. The molecular weight excluding hydrogens is 230 g/mol. The largest absolute Gasteiger partial charge is 0.496 e. The Morgan fingerprint density at radius 2 is 2.06 bits per heavy atom. The molecule has 2 nitrogen and oxygen atoms in total. The molecule has 0 aromatic heterocycles. The second kappa shape index (κ2) is 5.32. The Kier molecular flexibility index (Phi) is 4.00. The Labute approximate surface area is 108 Å². The van der Waals surface area contributed by atoms with Gasteiger partial charge in [-0.15, -0.1) is 11.8 Å². The van der Waals surface area contributed by atoms with Gasteiger partial charge in [0.25, 0.3) is 0 Å². The molecular formula is C14H21NOS. The normalized spacial score (nSPS) is 18.3. The Bertz CT molecular complexity index is 386. The number of nitrogens with two attached hydrogens (primary N) is 1. The predicted octanol–water partition coefficient (Wildman–Crippen LogP) is 3.19. The maximum absolute atomic E-state index is 6.02. The fourth-order valence-electron chi connectivity index (χ4n) is 2.83. The van der Waals surface area contributed by atoms with E-state index >= 15 is 0 Å². The van der Waals surface area contributed by atoms with Gasteiger partial charge in [0.05, 0.1) is 7.11 Å². The van der Waals surface area contributed by atoms with Crippen LogP contribution in [0.5, 0.6) is 5.75 Å².